The van der Waals surface area contributed by atoms with Gasteiger partial charge in [-0.2, -0.15) is 0 Å². The highest BCUT2D eigenvalue weighted by atomic mass is 16.2. The number of para-hydroxylation sites is 1. The number of fused-ring (bicyclic) bond motifs is 3. The van der Waals surface area contributed by atoms with Crippen LogP contribution in [-0.4, -0.2) is 10.5 Å². The molecule has 0 saturated heterocycles. The molecule has 0 unspecified atom stereocenters. The summed E-state index contributed by atoms with van der Waals surface area (Å²) in [5, 5.41) is 4.08. The van der Waals surface area contributed by atoms with Gasteiger partial charge in [0.1, 0.15) is 6.54 Å². The fraction of sp³-hybridized carbons (Fsp3) is 0.250. The number of aromatic nitrogens is 1. The van der Waals surface area contributed by atoms with Gasteiger partial charge in [0.25, 0.3) is 0 Å². The zero-order chi connectivity index (χ0) is 10.4. The normalized spacial score (nSPS) is 15.1. The lowest BCUT2D eigenvalue weighted by atomic mass is 10.2. The molecule has 15 heavy (non-hydrogen) atoms. The maximum atomic E-state index is 11.3. The molecule has 1 amide bonds. The summed E-state index contributed by atoms with van der Waals surface area (Å²) < 4.78 is 2.11. The van der Waals surface area contributed by atoms with Crippen molar-refractivity contribution < 1.29 is 4.79 Å². The summed E-state index contributed by atoms with van der Waals surface area (Å²) >= 11 is 0. The van der Waals surface area contributed by atoms with E-state index in [1.54, 1.807) is 0 Å². The van der Waals surface area contributed by atoms with Crippen LogP contribution in [0.4, 0.5) is 0 Å². The molecule has 76 valence electrons. The summed E-state index contributed by atoms with van der Waals surface area (Å²) in [7, 11) is 0. The van der Waals surface area contributed by atoms with Gasteiger partial charge in [-0.1, -0.05) is 18.2 Å². The molecule has 2 aromatic rings. The number of aryl methyl sites for hydroxylation is 1. The second kappa shape index (κ2) is 2.86. The fourth-order valence-corrected chi connectivity index (χ4v) is 2.28. The van der Waals surface area contributed by atoms with E-state index in [0.717, 1.165) is 0 Å². The molecule has 1 aliphatic heterocycles. The largest absolute Gasteiger partial charge is 0.349 e. The van der Waals surface area contributed by atoms with Crippen LogP contribution >= 0.6 is 0 Å². The van der Waals surface area contributed by atoms with E-state index in [0.29, 0.717) is 13.1 Å². The Kier molecular flexibility index (Phi) is 1.63. The van der Waals surface area contributed by atoms with Crippen molar-refractivity contribution in [3.8, 4) is 0 Å². The number of nitrogens with zero attached hydrogens (tertiary/aromatic N) is 1. The lowest BCUT2D eigenvalue weighted by Gasteiger charge is -2.17. The smallest absolute Gasteiger partial charge is 0.240 e. The Morgan fingerprint density at radius 2 is 2.27 bits per heavy atom. The highest BCUT2D eigenvalue weighted by molar-refractivity contribution is 5.87. The molecule has 0 bridgehead atoms. The van der Waals surface area contributed by atoms with Crippen molar-refractivity contribution in [2.45, 2.75) is 20.0 Å². The highest BCUT2D eigenvalue weighted by Crippen LogP contribution is 2.24. The monoisotopic (exact) mass is 200 g/mol. The molecule has 1 N–H and O–H groups in total. The maximum absolute atomic E-state index is 11.3. The minimum atomic E-state index is 0.100. The van der Waals surface area contributed by atoms with Gasteiger partial charge in [0, 0.05) is 11.1 Å². The SMILES string of the molecule is Cc1cccc2cc3n(c12)CC(=O)NC3. The third-order valence-corrected chi connectivity index (χ3v) is 2.98. The van der Waals surface area contributed by atoms with Crippen LogP contribution in [0.3, 0.4) is 0 Å². The first-order valence-corrected chi connectivity index (χ1v) is 5.10. The molecule has 3 nitrogen and oxygen atoms in total. The van der Waals surface area contributed by atoms with Crippen LogP contribution in [0.15, 0.2) is 24.3 Å². The summed E-state index contributed by atoms with van der Waals surface area (Å²) in [6.45, 7) is 3.18. The number of hydrogen-bond acceptors (Lipinski definition) is 1. The minimum absolute atomic E-state index is 0.100. The molecule has 0 fully saturated rings. The van der Waals surface area contributed by atoms with Crippen molar-refractivity contribution >= 4 is 16.8 Å². The van der Waals surface area contributed by atoms with Gasteiger partial charge in [-0.3, -0.25) is 4.79 Å². The highest BCUT2D eigenvalue weighted by Gasteiger charge is 2.17. The van der Waals surface area contributed by atoms with Crippen LogP contribution in [0.5, 0.6) is 0 Å². The molecule has 3 heteroatoms. The molecule has 0 atom stereocenters. The molecule has 3 rings (SSSR count). The van der Waals surface area contributed by atoms with Crippen LogP contribution < -0.4 is 5.32 Å². The predicted octanol–water partition coefficient (Wildman–Crippen LogP) is 1.58. The van der Waals surface area contributed by atoms with Crippen LogP contribution in [0.2, 0.25) is 0 Å². The van der Waals surface area contributed by atoms with Crippen molar-refractivity contribution in [3.63, 3.8) is 0 Å². The van der Waals surface area contributed by atoms with Gasteiger partial charge < -0.3 is 9.88 Å². The first kappa shape index (κ1) is 8.53. The lowest BCUT2D eigenvalue weighted by Crippen LogP contribution is -2.33. The maximum Gasteiger partial charge on any atom is 0.240 e. The Hall–Kier alpha value is -1.77. The number of benzene rings is 1. The van der Waals surface area contributed by atoms with Crippen molar-refractivity contribution in [3.05, 3.63) is 35.5 Å². The number of rotatable bonds is 0. The quantitative estimate of drug-likeness (QED) is 0.688. The number of nitrogens with one attached hydrogen (secondary N) is 1. The van der Waals surface area contributed by atoms with Crippen LogP contribution in [0.1, 0.15) is 11.3 Å². The van der Waals surface area contributed by atoms with Crippen LogP contribution in [0, 0.1) is 6.92 Å². The minimum Gasteiger partial charge on any atom is -0.349 e. The van der Waals surface area contributed by atoms with Crippen molar-refractivity contribution in [1.82, 2.24) is 9.88 Å². The zero-order valence-electron chi connectivity index (χ0n) is 8.58. The van der Waals surface area contributed by atoms with Crippen molar-refractivity contribution in [2.75, 3.05) is 0 Å². The summed E-state index contributed by atoms with van der Waals surface area (Å²) in [4.78, 5) is 11.3. The number of carbonyl (C=O) groups excluding carboxylic acids is 1. The number of hydrogen-bond donors (Lipinski definition) is 1. The third kappa shape index (κ3) is 1.16. The summed E-state index contributed by atoms with van der Waals surface area (Å²) in [5.74, 6) is 0.100. The average molecular weight is 200 g/mol. The second-order valence-corrected chi connectivity index (χ2v) is 4.01. The Morgan fingerprint density at radius 1 is 1.40 bits per heavy atom. The standard InChI is InChI=1S/C12H12N2O/c1-8-3-2-4-9-5-10-6-13-11(15)7-14(10)12(8)9/h2-5H,6-7H2,1H3,(H,13,15). The van der Waals surface area contributed by atoms with E-state index in [1.807, 2.05) is 0 Å². The Bertz CT molecular complexity index is 554. The summed E-state index contributed by atoms with van der Waals surface area (Å²) in [6.07, 6.45) is 0. The van der Waals surface area contributed by atoms with E-state index >= 15 is 0 Å². The first-order valence-electron chi connectivity index (χ1n) is 5.10. The van der Waals surface area contributed by atoms with E-state index in [9.17, 15) is 4.79 Å². The molecule has 1 aromatic heterocycles. The molecule has 0 radical (unpaired) electrons. The number of amides is 1. The van der Waals surface area contributed by atoms with E-state index in [-0.39, 0.29) is 5.91 Å². The van der Waals surface area contributed by atoms with Gasteiger partial charge in [-0.25, -0.2) is 0 Å². The van der Waals surface area contributed by atoms with Gasteiger partial charge in [0.05, 0.1) is 12.1 Å². The zero-order valence-corrected chi connectivity index (χ0v) is 8.58. The first-order chi connectivity index (χ1) is 7.25. The molecular formula is C12H12N2O. The molecule has 1 aromatic carbocycles. The summed E-state index contributed by atoms with van der Waals surface area (Å²) in [5.41, 5.74) is 3.62. The van der Waals surface area contributed by atoms with E-state index in [2.05, 4.69) is 41.1 Å². The topological polar surface area (TPSA) is 34.0 Å². The van der Waals surface area contributed by atoms with E-state index in [1.165, 1.54) is 22.2 Å². The van der Waals surface area contributed by atoms with Gasteiger partial charge in [-0.15, -0.1) is 0 Å². The van der Waals surface area contributed by atoms with Gasteiger partial charge in [0.15, 0.2) is 0 Å². The molecule has 0 spiro atoms. The van der Waals surface area contributed by atoms with E-state index < -0.39 is 0 Å². The Morgan fingerprint density at radius 3 is 3.13 bits per heavy atom. The van der Waals surface area contributed by atoms with Gasteiger partial charge in [-0.05, 0) is 18.6 Å². The Labute approximate surface area is 87.7 Å². The number of carbonyl (C=O) groups is 1. The molecule has 0 aliphatic carbocycles. The molecular weight excluding hydrogens is 188 g/mol. The predicted molar refractivity (Wildman–Crippen MR) is 58.5 cm³/mol. The lowest BCUT2D eigenvalue weighted by molar-refractivity contribution is -0.122. The van der Waals surface area contributed by atoms with Gasteiger partial charge in [0.2, 0.25) is 5.91 Å². The molecule has 1 aliphatic rings. The summed E-state index contributed by atoms with van der Waals surface area (Å²) in [6, 6.07) is 8.39. The average Bonchev–Trinajstić information content (AvgIpc) is 2.57. The van der Waals surface area contributed by atoms with Crippen molar-refractivity contribution in [2.24, 2.45) is 0 Å². The molecule has 2 heterocycles. The second-order valence-electron chi connectivity index (χ2n) is 4.01. The van der Waals surface area contributed by atoms with Crippen LogP contribution in [-0.2, 0) is 17.9 Å². The fourth-order valence-electron chi connectivity index (χ4n) is 2.28. The Balaban J connectivity index is 2.35. The molecule has 0 saturated carbocycles. The third-order valence-electron chi connectivity index (χ3n) is 2.98. The van der Waals surface area contributed by atoms with Crippen molar-refractivity contribution in [1.29, 1.82) is 0 Å². The van der Waals surface area contributed by atoms with Gasteiger partial charge >= 0.3 is 0 Å². The van der Waals surface area contributed by atoms with Crippen LogP contribution in [0.25, 0.3) is 10.9 Å². The van der Waals surface area contributed by atoms with E-state index in [4.69, 9.17) is 0 Å².